The van der Waals surface area contributed by atoms with E-state index < -0.39 is 0 Å². The van der Waals surface area contributed by atoms with Crippen LogP contribution in [0.3, 0.4) is 0 Å². The zero-order valence-corrected chi connectivity index (χ0v) is 10.1. The molecule has 0 bridgehead atoms. The van der Waals surface area contributed by atoms with Crippen LogP contribution in [0.2, 0.25) is 5.02 Å². The highest BCUT2D eigenvalue weighted by Crippen LogP contribution is 2.21. The summed E-state index contributed by atoms with van der Waals surface area (Å²) >= 11 is 5.87. The van der Waals surface area contributed by atoms with Gasteiger partial charge in [-0.3, -0.25) is 4.79 Å². The quantitative estimate of drug-likeness (QED) is 0.847. The van der Waals surface area contributed by atoms with Gasteiger partial charge in [0.2, 0.25) is 0 Å². The van der Waals surface area contributed by atoms with Crippen LogP contribution in [0.4, 0.5) is 0 Å². The minimum absolute atomic E-state index is 0.0300. The van der Waals surface area contributed by atoms with Crippen LogP contribution in [0.15, 0.2) is 12.3 Å². The molecule has 1 aliphatic rings. The molecule has 88 valence electrons. The lowest BCUT2D eigenvalue weighted by Crippen LogP contribution is -2.40. The molecule has 2 rings (SSSR count). The summed E-state index contributed by atoms with van der Waals surface area (Å²) in [5, 5.41) is 0.592. The van der Waals surface area contributed by atoms with Crippen LogP contribution < -0.4 is 5.73 Å². The summed E-state index contributed by atoms with van der Waals surface area (Å²) < 4.78 is 1.76. The molecule has 2 heterocycles. The predicted octanol–water partition coefficient (Wildman–Crippen LogP) is 1.24. The summed E-state index contributed by atoms with van der Waals surface area (Å²) in [6.45, 7) is 1.33. The molecule has 1 fully saturated rings. The van der Waals surface area contributed by atoms with Gasteiger partial charge >= 0.3 is 0 Å². The first-order valence-electron chi connectivity index (χ1n) is 5.46. The van der Waals surface area contributed by atoms with E-state index in [-0.39, 0.29) is 11.9 Å². The number of carbonyl (C=O) groups is 1. The smallest absolute Gasteiger partial charge is 0.270 e. The predicted molar refractivity (Wildman–Crippen MR) is 63.5 cm³/mol. The van der Waals surface area contributed by atoms with Crippen LogP contribution >= 0.6 is 11.6 Å². The lowest BCUT2D eigenvalue weighted by atomic mass is 10.2. The molecule has 2 N–H and O–H groups in total. The van der Waals surface area contributed by atoms with Gasteiger partial charge in [-0.05, 0) is 18.9 Å². The normalized spacial score (nSPS) is 20.4. The Labute approximate surface area is 100.0 Å². The van der Waals surface area contributed by atoms with Gasteiger partial charge < -0.3 is 15.2 Å². The first-order valence-corrected chi connectivity index (χ1v) is 5.84. The Hall–Kier alpha value is -1.00. The minimum atomic E-state index is 0.0300. The summed E-state index contributed by atoms with van der Waals surface area (Å²) in [6.07, 6.45) is 3.77. The number of hydrogen-bond acceptors (Lipinski definition) is 2. The van der Waals surface area contributed by atoms with Crippen molar-refractivity contribution >= 4 is 17.5 Å². The molecule has 1 atom stereocenters. The molecule has 1 unspecified atom stereocenters. The van der Waals surface area contributed by atoms with Crippen LogP contribution in [0.5, 0.6) is 0 Å². The third-order valence-electron chi connectivity index (χ3n) is 3.10. The zero-order valence-electron chi connectivity index (χ0n) is 9.32. The van der Waals surface area contributed by atoms with Crippen molar-refractivity contribution in [2.24, 2.45) is 12.8 Å². The molecule has 0 aromatic carbocycles. The molecule has 4 nitrogen and oxygen atoms in total. The molecular weight excluding hydrogens is 226 g/mol. The van der Waals surface area contributed by atoms with Crippen molar-refractivity contribution in [3.63, 3.8) is 0 Å². The van der Waals surface area contributed by atoms with Gasteiger partial charge in [-0.1, -0.05) is 11.6 Å². The van der Waals surface area contributed by atoms with Crippen LogP contribution in [0, 0.1) is 0 Å². The number of aryl methyl sites for hydroxylation is 1. The Bertz CT molecular complexity index is 402. The third kappa shape index (κ3) is 1.95. The van der Waals surface area contributed by atoms with Gasteiger partial charge in [0.15, 0.2) is 0 Å². The second-order valence-electron chi connectivity index (χ2n) is 4.18. The van der Waals surface area contributed by atoms with E-state index in [1.807, 2.05) is 11.9 Å². The molecule has 16 heavy (non-hydrogen) atoms. The van der Waals surface area contributed by atoms with Crippen LogP contribution in [0.25, 0.3) is 0 Å². The maximum Gasteiger partial charge on any atom is 0.270 e. The highest BCUT2D eigenvalue weighted by Gasteiger charge is 2.29. The standard InChI is InChI=1S/C11H16ClN3O/c1-14-7-8(12)5-10(14)11(16)15-4-2-3-9(15)6-13/h5,7,9H,2-4,6,13H2,1H3. The van der Waals surface area contributed by atoms with E-state index in [0.29, 0.717) is 17.3 Å². The molecule has 0 radical (unpaired) electrons. The fourth-order valence-corrected chi connectivity index (χ4v) is 2.48. The SMILES string of the molecule is Cn1cc(Cl)cc1C(=O)N1CCCC1CN. The highest BCUT2D eigenvalue weighted by atomic mass is 35.5. The average Bonchev–Trinajstić information content (AvgIpc) is 2.83. The molecular formula is C11H16ClN3O. The Balaban J connectivity index is 2.21. The van der Waals surface area contributed by atoms with Gasteiger partial charge in [0, 0.05) is 32.4 Å². The van der Waals surface area contributed by atoms with Crippen molar-refractivity contribution in [2.75, 3.05) is 13.1 Å². The molecule has 5 heteroatoms. The summed E-state index contributed by atoms with van der Waals surface area (Å²) in [5.41, 5.74) is 6.29. The first kappa shape index (κ1) is 11.5. The number of nitrogens with zero attached hydrogens (tertiary/aromatic N) is 2. The maximum atomic E-state index is 12.2. The van der Waals surface area contributed by atoms with Crippen molar-refractivity contribution in [1.29, 1.82) is 0 Å². The van der Waals surface area contributed by atoms with E-state index in [0.717, 1.165) is 19.4 Å². The number of hydrogen-bond donors (Lipinski definition) is 1. The number of aromatic nitrogens is 1. The molecule has 1 aromatic rings. The van der Waals surface area contributed by atoms with Crippen molar-refractivity contribution in [2.45, 2.75) is 18.9 Å². The minimum Gasteiger partial charge on any atom is -0.345 e. The fourth-order valence-electron chi connectivity index (χ4n) is 2.23. The molecule has 1 amide bonds. The van der Waals surface area contributed by atoms with Gasteiger partial charge in [-0.15, -0.1) is 0 Å². The van der Waals surface area contributed by atoms with Gasteiger partial charge in [0.1, 0.15) is 5.69 Å². The fraction of sp³-hybridized carbons (Fsp3) is 0.545. The van der Waals surface area contributed by atoms with Gasteiger partial charge in [-0.2, -0.15) is 0 Å². The van der Waals surface area contributed by atoms with Crippen molar-refractivity contribution in [1.82, 2.24) is 9.47 Å². The number of nitrogens with two attached hydrogens (primary N) is 1. The summed E-state index contributed by atoms with van der Waals surface area (Å²) in [6, 6.07) is 1.89. The average molecular weight is 242 g/mol. The third-order valence-corrected chi connectivity index (χ3v) is 3.31. The topological polar surface area (TPSA) is 51.3 Å². The molecule has 1 aliphatic heterocycles. The molecule has 0 saturated carbocycles. The lowest BCUT2D eigenvalue weighted by Gasteiger charge is -2.23. The maximum absolute atomic E-state index is 12.2. The van der Waals surface area contributed by atoms with Gasteiger partial charge in [0.05, 0.1) is 5.02 Å². The molecule has 1 saturated heterocycles. The first-order chi connectivity index (χ1) is 7.63. The number of carbonyl (C=O) groups excluding carboxylic acids is 1. The number of halogens is 1. The van der Waals surface area contributed by atoms with E-state index >= 15 is 0 Å². The Morgan fingerprint density at radius 1 is 1.69 bits per heavy atom. The second-order valence-corrected chi connectivity index (χ2v) is 4.62. The molecule has 0 spiro atoms. The second kappa shape index (κ2) is 4.47. The monoisotopic (exact) mass is 241 g/mol. The zero-order chi connectivity index (χ0) is 11.7. The Morgan fingerprint density at radius 2 is 2.44 bits per heavy atom. The van der Waals surface area contributed by atoms with Crippen LogP contribution in [0.1, 0.15) is 23.3 Å². The summed E-state index contributed by atoms with van der Waals surface area (Å²) in [7, 11) is 1.83. The largest absolute Gasteiger partial charge is 0.345 e. The number of rotatable bonds is 2. The lowest BCUT2D eigenvalue weighted by molar-refractivity contribution is 0.0731. The summed E-state index contributed by atoms with van der Waals surface area (Å²) in [5.74, 6) is 0.0300. The van der Waals surface area contributed by atoms with E-state index in [1.54, 1.807) is 16.8 Å². The Kier molecular flexibility index (Phi) is 3.21. The van der Waals surface area contributed by atoms with Crippen LogP contribution in [-0.4, -0.2) is 34.5 Å². The van der Waals surface area contributed by atoms with Crippen molar-refractivity contribution in [3.05, 3.63) is 23.0 Å². The number of amides is 1. The summed E-state index contributed by atoms with van der Waals surface area (Å²) in [4.78, 5) is 14.1. The number of likely N-dealkylation sites (tertiary alicyclic amines) is 1. The van der Waals surface area contributed by atoms with E-state index in [1.165, 1.54) is 0 Å². The van der Waals surface area contributed by atoms with E-state index in [2.05, 4.69) is 0 Å². The molecule has 0 aliphatic carbocycles. The van der Waals surface area contributed by atoms with E-state index in [9.17, 15) is 4.79 Å². The molecule has 1 aromatic heterocycles. The van der Waals surface area contributed by atoms with Crippen molar-refractivity contribution < 1.29 is 4.79 Å². The van der Waals surface area contributed by atoms with Crippen molar-refractivity contribution in [3.8, 4) is 0 Å². The highest BCUT2D eigenvalue weighted by molar-refractivity contribution is 6.31. The van der Waals surface area contributed by atoms with Gasteiger partial charge in [-0.25, -0.2) is 0 Å². The van der Waals surface area contributed by atoms with Gasteiger partial charge in [0.25, 0.3) is 5.91 Å². The van der Waals surface area contributed by atoms with Crippen LogP contribution in [-0.2, 0) is 7.05 Å². The Morgan fingerprint density at radius 3 is 3.00 bits per heavy atom. The van der Waals surface area contributed by atoms with E-state index in [4.69, 9.17) is 17.3 Å².